The van der Waals surface area contributed by atoms with Gasteiger partial charge in [-0.05, 0) is 43.1 Å². The van der Waals surface area contributed by atoms with E-state index >= 15 is 0 Å². The first-order chi connectivity index (χ1) is 8.06. The topological polar surface area (TPSA) is 72.4 Å². The van der Waals surface area contributed by atoms with Crippen molar-refractivity contribution in [3.63, 3.8) is 0 Å². The van der Waals surface area contributed by atoms with Crippen molar-refractivity contribution in [1.82, 2.24) is 4.90 Å². The van der Waals surface area contributed by atoms with Crippen LogP contribution in [0.15, 0.2) is 22.7 Å². The van der Waals surface area contributed by atoms with Crippen molar-refractivity contribution in [2.45, 2.75) is 25.4 Å². The first kappa shape index (κ1) is 12.4. The van der Waals surface area contributed by atoms with Crippen LogP contribution in [0.3, 0.4) is 0 Å². The van der Waals surface area contributed by atoms with Crippen LogP contribution in [0.5, 0.6) is 0 Å². The molecule has 1 atom stereocenters. The number of likely N-dealkylation sites (tertiary alicyclic amines) is 1. The zero-order chi connectivity index (χ0) is 12.4. The van der Waals surface area contributed by atoms with E-state index in [-0.39, 0.29) is 11.9 Å². The van der Waals surface area contributed by atoms with E-state index in [2.05, 4.69) is 20.8 Å². The number of carbonyl (C=O) groups is 1. The molecule has 0 aliphatic carbocycles. The first-order valence-corrected chi connectivity index (χ1v) is 6.44. The van der Waals surface area contributed by atoms with Crippen molar-refractivity contribution < 1.29 is 4.79 Å². The largest absolute Gasteiger partial charge is 0.399 e. The maximum absolute atomic E-state index is 11.3. The molecule has 1 unspecified atom stereocenters. The van der Waals surface area contributed by atoms with Crippen LogP contribution < -0.4 is 11.5 Å². The van der Waals surface area contributed by atoms with Gasteiger partial charge in [-0.1, -0.05) is 15.9 Å². The lowest BCUT2D eigenvalue weighted by atomic mass is 10.1. The highest BCUT2D eigenvalue weighted by Crippen LogP contribution is 2.23. The summed E-state index contributed by atoms with van der Waals surface area (Å²) in [6.07, 6.45) is 1.88. The summed E-state index contributed by atoms with van der Waals surface area (Å²) >= 11 is 3.42. The number of amides is 1. The molecule has 17 heavy (non-hydrogen) atoms. The van der Waals surface area contributed by atoms with Crippen molar-refractivity contribution in [1.29, 1.82) is 0 Å². The third-order valence-corrected chi connectivity index (χ3v) is 3.52. The van der Waals surface area contributed by atoms with Crippen LogP contribution in [0, 0.1) is 0 Å². The van der Waals surface area contributed by atoms with Gasteiger partial charge in [0.2, 0.25) is 5.91 Å². The van der Waals surface area contributed by atoms with Crippen LogP contribution in [-0.2, 0) is 11.3 Å². The molecule has 0 bridgehead atoms. The maximum atomic E-state index is 11.3. The van der Waals surface area contributed by atoms with Gasteiger partial charge in [-0.3, -0.25) is 9.69 Å². The first-order valence-electron chi connectivity index (χ1n) is 5.64. The van der Waals surface area contributed by atoms with Crippen LogP contribution in [0.1, 0.15) is 18.4 Å². The number of anilines is 1. The quantitative estimate of drug-likeness (QED) is 0.830. The monoisotopic (exact) mass is 297 g/mol. The van der Waals surface area contributed by atoms with Gasteiger partial charge < -0.3 is 11.5 Å². The van der Waals surface area contributed by atoms with E-state index in [0.29, 0.717) is 0 Å². The van der Waals surface area contributed by atoms with Gasteiger partial charge in [0.15, 0.2) is 0 Å². The van der Waals surface area contributed by atoms with Gasteiger partial charge in [0, 0.05) is 16.7 Å². The fourth-order valence-corrected chi connectivity index (χ4v) is 2.90. The summed E-state index contributed by atoms with van der Waals surface area (Å²) in [4.78, 5) is 13.4. The third-order valence-electron chi connectivity index (χ3n) is 3.06. The minimum Gasteiger partial charge on any atom is -0.399 e. The summed E-state index contributed by atoms with van der Waals surface area (Å²) in [5.74, 6) is -0.231. The molecule has 1 aromatic carbocycles. The van der Waals surface area contributed by atoms with E-state index in [1.165, 1.54) is 0 Å². The fourth-order valence-electron chi connectivity index (χ4n) is 2.34. The molecule has 1 fully saturated rings. The van der Waals surface area contributed by atoms with Gasteiger partial charge in [-0.15, -0.1) is 0 Å². The summed E-state index contributed by atoms with van der Waals surface area (Å²) in [6, 6.07) is 5.68. The maximum Gasteiger partial charge on any atom is 0.234 e. The van der Waals surface area contributed by atoms with E-state index in [1.54, 1.807) is 0 Å². The number of benzene rings is 1. The number of nitrogens with zero attached hydrogens (tertiary/aromatic N) is 1. The highest BCUT2D eigenvalue weighted by atomic mass is 79.9. The molecule has 0 spiro atoms. The van der Waals surface area contributed by atoms with Gasteiger partial charge in [0.05, 0.1) is 6.04 Å². The Kier molecular flexibility index (Phi) is 3.69. The number of nitrogen functional groups attached to an aromatic ring is 1. The number of halogens is 1. The predicted octanol–water partition coefficient (Wildman–Crippen LogP) is 1.48. The van der Waals surface area contributed by atoms with Crippen LogP contribution in [0.25, 0.3) is 0 Å². The number of nitrogens with two attached hydrogens (primary N) is 2. The lowest BCUT2D eigenvalue weighted by molar-refractivity contribution is -0.122. The van der Waals surface area contributed by atoms with E-state index in [0.717, 1.165) is 41.7 Å². The molecule has 1 saturated heterocycles. The molecule has 0 saturated carbocycles. The molecule has 1 aromatic rings. The summed E-state index contributed by atoms with van der Waals surface area (Å²) in [5.41, 5.74) is 13.0. The highest BCUT2D eigenvalue weighted by molar-refractivity contribution is 9.10. The molecule has 0 aromatic heterocycles. The molecule has 1 aliphatic rings. The Labute approximate surface area is 109 Å². The summed E-state index contributed by atoms with van der Waals surface area (Å²) in [7, 11) is 0. The average Bonchev–Trinajstić information content (AvgIpc) is 2.63. The zero-order valence-electron chi connectivity index (χ0n) is 9.53. The van der Waals surface area contributed by atoms with Crippen molar-refractivity contribution in [3.05, 3.63) is 28.2 Å². The van der Waals surface area contributed by atoms with Crippen molar-refractivity contribution in [2.75, 3.05) is 12.3 Å². The standard InChI is InChI=1S/C12H16BrN3O/c13-9-4-8(5-10(14)6-9)7-16-3-1-2-11(16)12(15)17/h4-6,11H,1-3,7,14H2,(H2,15,17). The molecule has 2 rings (SSSR count). The number of primary amides is 1. The molecule has 4 N–H and O–H groups in total. The van der Waals surface area contributed by atoms with Crippen LogP contribution >= 0.6 is 15.9 Å². The van der Waals surface area contributed by atoms with E-state index in [4.69, 9.17) is 11.5 Å². The number of rotatable bonds is 3. The fraction of sp³-hybridized carbons (Fsp3) is 0.417. The molecule has 1 heterocycles. The summed E-state index contributed by atoms with van der Waals surface area (Å²) in [5, 5.41) is 0. The van der Waals surface area contributed by atoms with Crippen LogP contribution in [0.4, 0.5) is 5.69 Å². The van der Waals surface area contributed by atoms with Crippen molar-refractivity contribution in [2.24, 2.45) is 5.73 Å². The SMILES string of the molecule is NC(=O)C1CCCN1Cc1cc(N)cc(Br)c1. The lowest BCUT2D eigenvalue weighted by Gasteiger charge is -2.22. The smallest absolute Gasteiger partial charge is 0.234 e. The molecule has 92 valence electrons. The van der Waals surface area contributed by atoms with E-state index in [9.17, 15) is 4.79 Å². The number of hydrogen-bond acceptors (Lipinski definition) is 3. The van der Waals surface area contributed by atoms with Gasteiger partial charge in [0.25, 0.3) is 0 Å². The Hall–Kier alpha value is -1.07. The second-order valence-corrected chi connectivity index (χ2v) is 5.34. The van der Waals surface area contributed by atoms with Gasteiger partial charge in [0.1, 0.15) is 0 Å². The normalized spacial score (nSPS) is 20.6. The van der Waals surface area contributed by atoms with Gasteiger partial charge in [-0.2, -0.15) is 0 Å². The Morgan fingerprint density at radius 2 is 2.24 bits per heavy atom. The van der Waals surface area contributed by atoms with Crippen molar-refractivity contribution in [3.8, 4) is 0 Å². The molecule has 1 aliphatic heterocycles. The molecule has 5 heteroatoms. The molecular formula is C12H16BrN3O. The Bertz CT molecular complexity index is 416. The number of carbonyl (C=O) groups excluding carboxylic acids is 1. The van der Waals surface area contributed by atoms with E-state index in [1.807, 2.05) is 18.2 Å². The molecule has 1 amide bonds. The Morgan fingerprint density at radius 3 is 2.88 bits per heavy atom. The molecule has 0 radical (unpaired) electrons. The number of hydrogen-bond donors (Lipinski definition) is 2. The highest BCUT2D eigenvalue weighted by Gasteiger charge is 2.28. The predicted molar refractivity (Wildman–Crippen MR) is 71.2 cm³/mol. The van der Waals surface area contributed by atoms with Crippen molar-refractivity contribution >= 4 is 27.5 Å². The average molecular weight is 298 g/mol. The molecule has 4 nitrogen and oxygen atoms in total. The second-order valence-electron chi connectivity index (χ2n) is 4.42. The Balaban J connectivity index is 2.12. The summed E-state index contributed by atoms with van der Waals surface area (Å²) in [6.45, 7) is 1.64. The summed E-state index contributed by atoms with van der Waals surface area (Å²) < 4.78 is 0.960. The van der Waals surface area contributed by atoms with Gasteiger partial charge >= 0.3 is 0 Å². The van der Waals surface area contributed by atoms with Gasteiger partial charge in [-0.25, -0.2) is 0 Å². The zero-order valence-corrected chi connectivity index (χ0v) is 11.1. The minimum absolute atomic E-state index is 0.129. The van der Waals surface area contributed by atoms with Crippen LogP contribution in [-0.4, -0.2) is 23.4 Å². The minimum atomic E-state index is -0.231. The second kappa shape index (κ2) is 5.06. The third kappa shape index (κ3) is 2.98. The lowest BCUT2D eigenvalue weighted by Crippen LogP contribution is -2.39. The Morgan fingerprint density at radius 1 is 1.47 bits per heavy atom. The van der Waals surface area contributed by atoms with E-state index < -0.39 is 0 Å². The van der Waals surface area contributed by atoms with Crippen LogP contribution in [0.2, 0.25) is 0 Å². The molecular weight excluding hydrogens is 282 g/mol.